The third-order valence-electron chi connectivity index (χ3n) is 5.05. The minimum absolute atomic E-state index is 0.00182. The van der Waals surface area contributed by atoms with Gasteiger partial charge in [0.1, 0.15) is 19.5 Å². The molecule has 3 rings (SSSR count). The second-order valence-electron chi connectivity index (χ2n) is 7.00. The Bertz CT molecular complexity index is 1090. The molecule has 0 atom stereocenters. The molecule has 2 aromatic rings. The third-order valence-corrected chi connectivity index (χ3v) is 5.05. The molecule has 0 aromatic heterocycles. The Hall–Kier alpha value is -3.43. The Morgan fingerprint density at radius 2 is 1.91 bits per heavy atom. The second-order valence-corrected chi connectivity index (χ2v) is 7.00. The number of carbonyl (C=O) groups is 1. The summed E-state index contributed by atoms with van der Waals surface area (Å²) in [7, 11) is 2.49. The quantitative estimate of drug-likeness (QED) is 0.279. The monoisotopic (exact) mass is 452 g/mol. The minimum atomic E-state index is -4.66. The maximum absolute atomic E-state index is 13.8. The van der Waals surface area contributed by atoms with E-state index in [0.717, 1.165) is 11.6 Å². The van der Waals surface area contributed by atoms with Crippen molar-refractivity contribution in [3.8, 4) is 0 Å². The molecule has 0 unspecified atom stereocenters. The molecule has 0 radical (unpaired) electrons. The predicted molar refractivity (Wildman–Crippen MR) is 108 cm³/mol. The molecule has 0 fully saturated rings. The number of benzene rings is 2. The lowest BCUT2D eigenvalue weighted by molar-refractivity contribution is -0.138. The van der Waals surface area contributed by atoms with E-state index in [4.69, 9.17) is 14.4 Å². The molecule has 1 aliphatic rings. The van der Waals surface area contributed by atoms with Gasteiger partial charge < -0.3 is 14.4 Å². The highest BCUT2D eigenvalue weighted by molar-refractivity contribution is 6.43. The van der Waals surface area contributed by atoms with E-state index in [1.807, 2.05) is 0 Å². The van der Waals surface area contributed by atoms with Crippen LogP contribution in [0.15, 0.2) is 40.6 Å². The Labute approximate surface area is 181 Å². The zero-order valence-corrected chi connectivity index (χ0v) is 17.5. The van der Waals surface area contributed by atoms with E-state index >= 15 is 0 Å². The molecule has 0 bridgehead atoms. The topological polar surface area (TPSA) is 69.5 Å². The molecule has 0 aliphatic heterocycles. The number of hydrogen-bond donors (Lipinski definition) is 0. The number of carbonyl (C=O) groups excluding carboxylic acids is 1. The smallest absolute Gasteiger partial charge is 0.416 e. The number of rotatable bonds is 6. The van der Waals surface area contributed by atoms with Crippen LogP contribution in [0.4, 0.5) is 17.6 Å². The summed E-state index contributed by atoms with van der Waals surface area (Å²) < 4.78 is 58.3. The first-order chi connectivity index (χ1) is 15.2. The molecule has 0 N–H and O–H groups in total. The third kappa shape index (κ3) is 4.74. The lowest BCUT2D eigenvalue weighted by Gasteiger charge is -2.13. The summed E-state index contributed by atoms with van der Waals surface area (Å²) >= 11 is 0. The van der Waals surface area contributed by atoms with Crippen LogP contribution in [-0.2, 0) is 38.4 Å². The molecule has 6 nitrogen and oxygen atoms in total. The van der Waals surface area contributed by atoms with Gasteiger partial charge in [0.05, 0.1) is 18.4 Å². The Morgan fingerprint density at radius 3 is 2.56 bits per heavy atom. The maximum atomic E-state index is 13.8. The van der Waals surface area contributed by atoms with Crippen molar-refractivity contribution in [2.75, 3.05) is 14.2 Å². The fraction of sp³-hybridized carbons (Fsp3) is 0.318. The van der Waals surface area contributed by atoms with Crippen LogP contribution >= 0.6 is 0 Å². The van der Waals surface area contributed by atoms with Gasteiger partial charge in [-0.1, -0.05) is 28.5 Å². The molecule has 32 heavy (non-hydrogen) atoms. The molecule has 0 saturated carbocycles. The van der Waals surface area contributed by atoms with E-state index in [0.29, 0.717) is 17.2 Å². The number of hydrogen-bond acceptors (Lipinski definition) is 6. The first-order valence-corrected chi connectivity index (χ1v) is 9.54. The average Bonchev–Trinajstić information content (AvgIpc) is 3.14. The van der Waals surface area contributed by atoms with Crippen LogP contribution in [0, 0.1) is 12.7 Å². The van der Waals surface area contributed by atoms with E-state index in [1.165, 1.54) is 14.2 Å². The van der Waals surface area contributed by atoms with E-state index in [-0.39, 0.29) is 42.0 Å². The average molecular weight is 452 g/mol. The largest absolute Gasteiger partial charge is 0.464 e. The van der Waals surface area contributed by atoms with Crippen LogP contribution < -0.4 is 0 Å². The van der Waals surface area contributed by atoms with Gasteiger partial charge in [0.2, 0.25) is 0 Å². The first kappa shape index (κ1) is 23.2. The van der Waals surface area contributed by atoms with Gasteiger partial charge in [-0.15, -0.1) is 0 Å². The molecular formula is C22H20F4N2O4. The highest BCUT2D eigenvalue weighted by Gasteiger charge is 2.37. The van der Waals surface area contributed by atoms with E-state index in [1.54, 1.807) is 25.1 Å². The summed E-state index contributed by atoms with van der Waals surface area (Å²) in [5, 5.41) is 7.70. The summed E-state index contributed by atoms with van der Waals surface area (Å²) in [6.45, 7) is 1.68. The number of oxime groups is 2. The summed E-state index contributed by atoms with van der Waals surface area (Å²) in [6.07, 6.45) is -4.40. The zero-order valence-electron chi connectivity index (χ0n) is 17.5. The molecule has 0 amide bonds. The number of alkyl halides is 3. The van der Waals surface area contributed by atoms with Crippen LogP contribution in [0.3, 0.4) is 0 Å². The number of ether oxygens (including phenoxy) is 1. The summed E-state index contributed by atoms with van der Waals surface area (Å²) in [5.74, 6) is -1.71. The lowest BCUT2D eigenvalue weighted by Crippen LogP contribution is -2.20. The molecular weight excluding hydrogens is 432 g/mol. The highest BCUT2D eigenvalue weighted by atomic mass is 19.4. The standard InChI is InChI=1S/C22H20F4N2O4/c1-12-5-4-6-15(20(28-31-3)21(29)30-2)17(12)11-32-27-19-8-7-14-16(19)9-13(23)10-18(14)22(24,25)26/h4-6,9-10H,7-8,11H2,1-3H3/b27-19+,28-20+. The van der Waals surface area contributed by atoms with Crippen molar-refractivity contribution >= 4 is 17.4 Å². The molecule has 0 spiro atoms. The van der Waals surface area contributed by atoms with Gasteiger partial charge in [0, 0.05) is 16.7 Å². The number of methoxy groups -OCH3 is 1. The number of fused-ring (bicyclic) bond motifs is 1. The number of aryl methyl sites for hydroxylation is 1. The van der Waals surface area contributed by atoms with Gasteiger partial charge in [-0.2, -0.15) is 13.2 Å². The van der Waals surface area contributed by atoms with Crippen LogP contribution in [0.1, 0.15) is 39.8 Å². The Balaban J connectivity index is 1.90. The van der Waals surface area contributed by atoms with Crippen LogP contribution in [0.2, 0.25) is 0 Å². The van der Waals surface area contributed by atoms with Gasteiger partial charge in [-0.25, -0.2) is 9.18 Å². The van der Waals surface area contributed by atoms with Gasteiger partial charge in [0.25, 0.3) is 0 Å². The molecule has 2 aromatic carbocycles. The van der Waals surface area contributed by atoms with Crippen molar-refractivity contribution < 1.29 is 36.8 Å². The maximum Gasteiger partial charge on any atom is 0.416 e. The number of esters is 1. The van der Waals surface area contributed by atoms with Crippen molar-refractivity contribution in [2.24, 2.45) is 10.3 Å². The van der Waals surface area contributed by atoms with Crippen molar-refractivity contribution in [1.29, 1.82) is 0 Å². The number of nitrogens with zero attached hydrogens (tertiary/aromatic N) is 2. The second kappa shape index (κ2) is 9.37. The van der Waals surface area contributed by atoms with Gasteiger partial charge in [0.15, 0.2) is 5.71 Å². The predicted octanol–water partition coefficient (Wildman–Crippen LogP) is 4.54. The zero-order chi connectivity index (χ0) is 23.5. The van der Waals surface area contributed by atoms with Gasteiger partial charge in [-0.05, 0) is 43.0 Å². The normalized spacial score (nSPS) is 15.0. The molecule has 0 heterocycles. The van der Waals surface area contributed by atoms with E-state index < -0.39 is 23.5 Å². The number of halogens is 4. The summed E-state index contributed by atoms with van der Waals surface area (Å²) in [6, 6.07) is 6.64. The van der Waals surface area contributed by atoms with Crippen molar-refractivity contribution in [3.63, 3.8) is 0 Å². The van der Waals surface area contributed by atoms with Crippen molar-refractivity contribution in [3.05, 3.63) is 69.5 Å². The first-order valence-electron chi connectivity index (χ1n) is 9.54. The van der Waals surface area contributed by atoms with E-state index in [9.17, 15) is 22.4 Å². The van der Waals surface area contributed by atoms with Crippen LogP contribution in [0.5, 0.6) is 0 Å². The van der Waals surface area contributed by atoms with Crippen LogP contribution in [0.25, 0.3) is 0 Å². The van der Waals surface area contributed by atoms with Crippen molar-refractivity contribution in [1.82, 2.24) is 0 Å². The molecule has 170 valence electrons. The Morgan fingerprint density at radius 1 is 1.16 bits per heavy atom. The van der Waals surface area contributed by atoms with Crippen LogP contribution in [-0.4, -0.2) is 31.6 Å². The fourth-order valence-corrected chi connectivity index (χ4v) is 3.56. The molecule has 0 saturated heterocycles. The molecule has 10 heteroatoms. The summed E-state index contributed by atoms with van der Waals surface area (Å²) in [5.41, 5.74) is 0.941. The SMILES string of the molecule is CO/N=C(/C(=O)OC)c1cccc(C)c1CO/N=C1\CCc2c1cc(F)cc2C(F)(F)F. The van der Waals surface area contributed by atoms with E-state index in [2.05, 4.69) is 10.3 Å². The van der Waals surface area contributed by atoms with Gasteiger partial charge in [-0.3, -0.25) is 0 Å². The Kier molecular flexibility index (Phi) is 6.81. The minimum Gasteiger partial charge on any atom is -0.464 e. The van der Waals surface area contributed by atoms with Gasteiger partial charge >= 0.3 is 12.1 Å². The molecule has 1 aliphatic carbocycles. The summed E-state index contributed by atoms with van der Waals surface area (Å²) in [4.78, 5) is 22.3. The lowest BCUT2D eigenvalue weighted by atomic mass is 9.99. The van der Waals surface area contributed by atoms with Crippen molar-refractivity contribution in [2.45, 2.75) is 32.5 Å². The highest BCUT2D eigenvalue weighted by Crippen LogP contribution is 2.38. The fourth-order valence-electron chi connectivity index (χ4n) is 3.56.